The summed E-state index contributed by atoms with van der Waals surface area (Å²) in [5.41, 5.74) is 1.17. The first-order chi connectivity index (χ1) is 18.4. The molecule has 2 aliphatic rings. The Balaban J connectivity index is 1.18. The molecule has 0 unspecified atom stereocenters. The van der Waals surface area contributed by atoms with Gasteiger partial charge >= 0.3 is 11.9 Å². The molecule has 208 valence electrons. The average molecular weight is 529 g/mol. The SMILES string of the molecule is CC1(COCCCCOC(=O)c2ccc(C(=O)OCCCCOCC3(C)COC3)c3ccccc23)COC1. The lowest BCUT2D eigenvalue weighted by Crippen LogP contribution is -2.43. The topological polar surface area (TPSA) is 89.5 Å². The molecule has 0 amide bonds. The molecule has 2 aromatic carbocycles. The average Bonchev–Trinajstić information content (AvgIpc) is 2.89. The third-order valence-electron chi connectivity index (χ3n) is 6.90. The van der Waals surface area contributed by atoms with E-state index in [4.69, 9.17) is 28.4 Å². The van der Waals surface area contributed by atoms with Gasteiger partial charge in [-0.25, -0.2) is 9.59 Å². The number of benzene rings is 2. The van der Waals surface area contributed by atoms with Gasteiger partial charge in [-0.15, -0.1) is 0 Å². The van der Waals surface area contributed by atoms with E-state index in [1.165, 1.54) is 0 Å². The Hall–Kier alpha value is -2.52. The van der Waals surface area contributed by atoms with E-state index in [2.05, 4.69) is 13.8 Å². The lowest BCUT2D eigenvalue weighted by molar-refractivity contribution is -0.138. The number of carbonyl (C=O) groups is 2. The van der Waals surface area contributed by atoms with Gasteiger partial charge in [-0.3, -0.25) is 0 Å². The quantitative estimate of drug-likeness (QED) is 0.226. The van der Waals surface area contributed by atoms with Crippen LogP contribution in [0.4, 0.5) is 0 Å². The number of ether oxygens (including phenoxy) is 6. The molecule has 4 rings (SSSR count). The first-order valence-corrected chi connectivity index (χ1v) is 13.6. The van der Waals surface area contributed by atoms with Crippen molar-refractivity contribution in [2.45, 2.75) is 39.5 Å². The van der Waals surface area contributed by atoms with Crippen LogP contribution in [0.15, 0.2) is 36.4 Å². The van der Waals surface area contributed by atoms with Gasteiger partial charge in [0.25, 0.3) is 0 Å². The first-order valence-electron chi connectivity index (χ1n) is 13.6. The zero-order valence-electron chi connectivity index (χ0n) is 22.6. The fourth-order valence-corrected chi connectivity index (χ4v) is 4.46. The van der Waals surface area contributed by atoms with E-state index in [1.807, 2.05) is 24.3 Å². The molecule has 2 saturated heterocycles. The molecule has 0 bridgehead atoms. The maximum absolute atomic E-state index is 12.8. The summed E-state index contributed by atoms with van der Waals surface area (Å²) in [6.45, 7) is 10.6. The number of esters is 2. The van der Waals surface area contributed by atoms with E-state index in [1.54, 1.807) is 12.1 Å². The maximum Gasteiger partial charge on any atom is 0.338 e. The molecule has 2 aliphatic heterocycles. The van der Waals surface area contributed by atoms with Crippen LogP contribution < -0.4 is 0 Å². The third kappa shape index (κ3) is 7.76. The maximum atomic E-state index is 12.8. The van der Waals surface area contributed by atoms with E-state index in [0.717, 1.165) is 52.1 Å². The summed E-state index contributed by atoms with van der Waals surface area (Å²) < 4.78 is 32.9. The highest BCUT2D eigenvalue weighted by molar-refractivity contribution is 6.11. The van der Waals surface area contributed by atoms with Crippen LogP contribution in [-0.4, -0.2) is 78.0 Å². The van der Waals surface area contributed by atoms with E-state index in [9.17, 15) is 9.59 Å². The highest BCUT2D eigenvalue weighted by atomic mass is 16.5. The predicted octanol–water partition coefficient (Wildman–Crippen LogP) is 4.82. The van der Waals surface area contributed by atoms with Crippen LogP contribution in [0.1, 0.15) is 60.2 Å². The van der Waals surface area contributed by atoms with Gasteiger partial charge in [0.2, 0.25) is 0 Å². The van der Waals surface area contributed by atoms with Crippen molar-refractivity contribution in [3.63, 3.8) is 0 Å². The number of unbranched alkanes of at least 4 members (excludes halogenated alkanes) is 2. The molecule has 38 heavy (non-hydrogen) atoms. The molecule has 0 aromatic heterocycles. The van der Waals surface area contributed by atoms with E-state index >= 15 is 0 Å². The van der Waals surface area contributed by atoms with Gasteiger partial charge in [-0.05, 0) is 48.6 Å². The van der Waals surface area contributed by atoms with Crippen LogP contribution in [0, 0.1) is 10.8 Å². The zero-order chi connectivity index (χ0) is 26.8. The molecule has 2 aromatic rings. The Labute approximate surface area is 224 Å². The second-order valence-electron chi connectivity index (χ2n) is 11.1. The second kappa shape index (κ2) is 13.5. The van der Waals surface area contributed by atoms with Crippen molar-refractivity contribution < 1.29 is 38.0 Å². The normalized spacial score (nSPS) is 17.4. The molecular formula is C30H40O8. The van der Waals surface area contributed by atoms with Crippen LogP contribution in [0.2, 0.25) is 0 Å². The first kappa shape index (κ1) is 28.5. The summed E-state index contributed by atoms with van der Waals surface area (Å²) in [6, 6.07) is 10.6. The molecule has 0 N–H and O–H groups in total. The number of rotatable bonds is 16. The molecule has 2 fully saturated rings. The summed E-state index contributed by atoms with van der Waals surface area (Å²) in [5.74, 6) is -0.799. The van der Waals surface area contributed by atoms with Crippen molar-refractivity contribution in [2.24, 2.45) is 10.8 Å². The van der Waals surface area contributed by atoms with Crippen molar-refractivity contribution >= 4 is 22.7 Å². The Morgan fingerprint density at radius 1 is 0.658 bits per heavy atom. The minimum absolute atomic E-state index is 0.144. The number of carbonyl (C=O) groups excluding carboxylic acids is 2. The molecule has 0 radical (unpaired) electrons. The molecule has 0 saturated carbocycles. The lowest BCUT2D eigenvalue weighted by atomic mass is 9.90. The third-order valence-corrected chi connectivity index (χ3v) is 6.90. The molecule has 8 heteroatoms. The number of hydrogen-bond donors (Lipinski definition) is 0. The minimum Gasteiger partial charge on any atom is -0.462 e. The van der Waals surface area contributed by atoms with Crippen LogP contribution >= 0.6 is 0 Å². The van der Waals surface area contributed by atoms with Crippen LogP contribution in [-0.2, 0) is 28.4 Å². The van der Waals surface area contributed by atoms with Gasteiger partial charge in [0.05, 0.1) is 64.0 Å². The fraction of sp³-hybridized carbons (Fsp3) is 0.600. The van der Waals surface area contributed by atoms with Crippen molar-refractivity contribution in [3.8, 4) is 0 Å². The highest BCUT2D eigenvalue weighted by Gasteiger charge is 2.34. The van der Waals surface area contributed by atoms with Crippen molar-refractivity contribution in [1.29, 1.82) is 0 Å². The Bertz CT molecular complexity index is 989. The zero-order valence-corrected chi connectivity index (χ0v) is 22.6. The summed E-state index contributed by atoms with van der Waals surface area (Å²) in [7, 11) is 0. The Kier molecular flexibility index (Phi) is 10.1. The van der Waals surface area contributed by atoms with Crippen LogP contribution in [0.3, 0.4) is 0 Å². The van der Waals surface area contributed by atoms with Gasteiger partial charge in [-0.2, -0.15) is 0 Å². The Morgan fingerprint density at radius 2 is 1.05 bits per heavy atom. The van der Waals surface area contributed by atoms with Crippen LogP contribution in [0.25, 0.3) is 10.8 Å². The molecular weight excluding hydrogens is 488 g/mol. The van der Waals surface area contributed by atoms with Gasteiger partial charge in [0.15, 0.2) is 0 Å². The van der Waals surface area contributed by atoms with E-state index in [0.29, 0.717) is 61.5 Å². The summed E-state index contributed by atoms with van der Waals surface area (Å²) >= 11 is 0. The van der Waals surface area contributed by atoms with Crippen molar-refractivity contribution in [1.82, 2.24) is 0 Å². The fourth-order valence-electron chi connectivity index (χ4n) is 4.46. The van der Waals surface area contributed by atoms with Gasteiger partial charge in [0, 0.05) is 24.0 Å². The summed E-state index contributed by atoms with van der Waals surface area (Å²) in [4.78, 5) is 25.6. The summed E-state index contributed by atoms with van der Waals surface area (Å²) in [6.07, 6.45) is 3.08. The molecule has 0 spiro atoms. The highest BCUT2D eigenvalue weighted by Crippen LogP contribution is 2.28. The van der Waals surface area contributed by atoms with Crippen molar-refractivity contribution in [2.75, 3.05) is 66.1 Å². The van der Waals surface area contributed by atoms with Crippen molar-refractivity contribution in [3.05, 3.63) is 47.5 Å². The molecule has 0 aliphatic carbocycles. The number of hydrogen-bond acceptors (Lipinski definition) is 8. The lowest BCUT2D eigenvalue weighted by Gasteiger charge is -2.37. The van der Waals surface area contributed by atoms with Crippen LogP contribution in [0.5, 0.6) is 0 Å². The van der Waals surface area contributed by atoms with Gasteiger partial charge < -0.3 is 28.4 Å². The minimum atomic E-state index is -0.400. The van der Waals surface area contributed by atoms with Gasteiger partial charge in [-0.1, -0.05) is 38.1 Å². The molecule has 0 atom stereocenters. The van der Waals surface area contributed by atoms with E-state index < -0.39 is 11.9 Å². The number of fused-ring (bicyclic) bond motifs is 1. The smallest absolute Gasteiger partial charge is 0.338 e. The predicted molar refractivity (Wildman–Crippen MR) is 142 cm³/mol. The summed E-state index contributed by atoms with van der Waals surface area (Å²) in [5, 5.41) is 1.35. The monoisotopic (exact) mass is 528 g/mol. The molecule has 8 nitrogen and oxygen atoms in total. The molecule has 2 heterocycles. The standard InChI is InChI=1S/C30H40O8/c1-29(19-35-20-29)17-33-13-5-7-15-37-27(31)25-11-12-26(24-10-4-3-9-23(24)25)28(32)38-16-8-6-14-34-18-30(2)21-36-22-30/h3-4,9-12H,5-8,13-22H2,1-2H3. The van der Waals surface area contributed by atoms with E-state index in [-0.39, 0.29) is 10.8 Å². The largest absolute Gasteiger partial charge is 0.462 e. The Morgan fingerprint density at radius 3 is 1.42 bits per heavy atom. The van der Waals surface area contributed by atoms with Gasteiger partial charge in [0.1, 0.15) is 0 Å². The second-order valence-corrected chi connectivity index (χ2v) is 11.1.